The van der Waals surface area contributed by atoms with Gasteiger partial charge in [0.05, 0.1) is 32.5 Å². The van der Waals surface area contributed by atoms with Gasteiger partial charge in [0.15, 0.2) is 5.79 Å². The summed E-state index contributed by atoms with van der Waals surface area (Å²) in [6.07, 6.45) is 12.3. The summed E-state index contributed by atoms with van der Waals surface area (Å²) in [6.45, 7) is 9.85. The van der Waals surface area contributed by atoms with Gasteiger partial charge in [0.1, 0.15) is 6.10 Å². The Labute approximate surface area is 175 Å². The smallest absolute Gasteiger partial charge is 0.198 e. The first-order valence-electron chi connectivity index (χ1n) is 11.9. The number of rotatable bonds is 0. The molecule has 0 unspecified atom stereocenters. The lowest BCUT2D eigenvalue weighted by Gasteiger charge is -2.59. The molecule has 4 heteroatoms. The molecule has 3 saturated carbocycles. The van der Waals surface area contributed by atoms with Gasteiger partial charge in [-0.2, -0.15) is 0 Å². The van der Waals surface area contributed by atoms with Crippen LogP contribution in [-0.4, -0.2) is 44.4 Å². The molecule has 0 aromatic rings. The Kier molecular flexibility index (Phi) is 4.21. The molecule has 8 bridgehead atoms. The Bertz CT molecular complexity index is 758. The summed E-state index contributed by atoms with van der Waals surface area (Å²) in [5, 5.41) is 0. The summed E-state index contributed by atoms with van der Waals surface area (Å²) in [7, 11) is 0. The van der Waals surface area contributed by atoms with Gasteiger partial charge in [-0.05, 0) is 67.6 Å². The highest BCUT2D eigenvalue weighted by molar-refractivity contribution is 5.40. The largest absolute Gasteiger partial charge is 0.376 e. The molecule has 7 fully saturated rings. The van der Waals surface area contributed by atoms with E-state index < -0.39 is 5.79 Å². The average Bonchev–Trinajstić information content (AvgIpc) is 3.06. The zero-order valence-corrected chi connectivity index (χ0v) is 18.2. The van der Waals surface area contributed by atoms with Crippen LogP contribution in [0.2, 0.25) is 0 Å². The van der Waals surface area contributed by atoms with E-state index in [-0.39, 0.29) is 17.6 Å². The van der Waals surface area contributed by atoms with Crippen LogP contribution in [0.15, 0.2) is 23.3 Å². The maximum atomic E-state index is 6.46. The Morgan fingerprint density at radius 2 is 1.69 bits per heavy atom. The van der Waals surface area contributed by atoms with Gasteiger partial charge in [0, 0.05) is 6.42 Å². The summed E-state index contributed by atoms with van der Waals surface area (Å²) < 4.78 is 25.4. The van der Waals surface area contributed by atoms with Gasteiger partial charge in [-0.3, -0.25) is 0 Å². The molecule has 4 nitrogen and oxygen atoms in total. The number of allylic oxidation sites excluding steroid dienone is 3. The molecular formula is C25H36O4. The van der Waals surface area contributed by atoms with Crippen molar-refractivity contribution < 1.29 is 18.9 Å². The minimum Gasteiger partial charge on any atom is -0.376 e. The van der Waals surface area contributed by atoms with E-state index in [0.29, 0.717) is 49.6 Å². The fourth-order valence-corrected chi connectivity index (χ4v) is 8.28. The zero-order valence-electron chi connectivity index (χ0n) is 18.2. The molecule has 0 radical (unpaired) electrons. The van der Waals surface area contributed by atoms with Crippen LogP contribution < -0.4 is 0 Å². The van der Waals surface area contributed by atoms with Crippen molar-refractivity contribution in [3.05, 3.63) is 23.3 Å². The van der Waals surface area contributed by atoms with E-state index in [1.165, 1.54) is 31.3 Å². The van der Waals surface area contributed by atoms with Crippen LogP contribution in [-0.2, 0) is 18.9 Å². The molecule has 0 aromatic heterocycles. The van der Waals surface area contributed by atoms with Crippen LogP contribution in [0.5, 0.6) is 0 Å². The fraction of sp³-hybridized carbons (Fsp3) is 0.840. The van der Waals surface area contributed by atoms with Crippen molar-refractivity contribution in [3.63, 3.8) is 0 Å². The van der Waals surface area contributed by atoms with Crippen molar-refractivity contribution in [1.29, 1.82) is 0 Å². The van der Waals surface area contributed by atoms with Crippen molar-refractivity contribution in [2.24, 2.45) is 28.6 Å². The quantitative estimate of drug-likeness (QED) is 0.593. The van der Waals surface area contributed by atoms with Gasteiger partial charge >= 0.3 is 0 Å². The van der Waals surface area contributed by atoms with Gasteiger partial charge in [-0.15, -0.1) is 0 Å². The van der Waals surface area contributed by atoms with Crippen molar-refractivity contribution in [2.45, 2.75) is 77.3 Å². The van der Waals surface area contributed by atoms with Crippen LogP contribution in [0.3, 0.4) is 0 Å². The summed E-state index contributed by atoms with van der Waals surface area (Å²) in [5.74, 6) is 1.37. The molecule has 5 aliphatic heterocycles. The molecule has 4 saturated heterocycles. The number of hydrogen-bond acceptors (Lipinski definition) is 4. The third-order valence-corrected chi connectivity index (χ3v) is 9.83. The lowest BCUT2D eigenvalue weighted by Crippen LogP contribution is -2.61. The standard InChI is InChI=1S/C25H36O4/c1-16-19-6-7-20-18-5-4-17-14-25(28-12-10-26-16)22(27-11-13-29-25)15-24(17,3)21(18)8-9-23(19,20)2/h4-5,16,19-22H,6-15H2,1-3H3/t16-,19+,20-,21+,22-,23+,24-,25+/m0/s1. The van der Waals surface area contributed by atoms with Crippen LogP contribution in [0.4, 0.5) is 0 Å². The van der Waals surface area contributed by atoms with Crippen LogP contribution in [0.1, 0.15) is 59.3 Å². The molecule has 0 amide bonds. The number of fused-ring (bicyclic) bond motifs is 1. The van der Waals surface area contributed by atoms with Crippen LogP contribution in [0, 0.1) is 28.6 Å². The average molecular weight is 401 g/mol. The van der Waals surface area contributed by atoms with Gasteiger partial charge in [0.2, 0.25) is 0 Å². The second-order valence-corrected chi connectivity index (χ2v) is 10.9. The van der Waals surface area contributed by atoms with Crippen LogP contribution in [0.25, 0.3) is 0 Å². The van der Waals surface area contributed by atoms with Gasteiger partial charge < -0.3 is 18.9 Å². The van der Waals surface area contributed by atoms with Crippen molar-refractivity contribution in [1.82, 2.24) is 0 Å². The normalized spacial score (nSPS) is 54.0. The first-order valence-corrected chi connectivity index (χ1v) is 11.9. The Balaban J connectivity index is 1.47. The molecule has 1 spiro atoms. The maximum Gasteiger partial charge on any atom is 0.198 e. The highest BCUT2D eigenvalue weighted by Crippen LogP contribution is 2.66. The molecule has 8 atom stereocenters. The number of ether oxygens (including phenoxy) is 4. The summed E-state index contributed by atoms with van der Waals surface area (Å²) in [4.78, 5) is 0. The molecule has 4 aliphatic carbocycles. The SMILES string of the molecule is C[C@@H]1OCCO[C@@]23CC4=CC=C5[C@@H](CC[C@]6(C)[C@@H]1CC[C@@H]56)[C@@]4(C)C[C@@H]2OCCO3. The van der Waals surface area contributed by atoms with E-state index in [1.54, 1.807) is 5.57 Å². The minimum absolute atomic E-state index is 0.0164. The lowest BCUT2D eigenvalue weighted by atomic mass is 9.49. The Morgan fingerprint density at radius 1 is 0.897 bits per heavy atom. The molecular weight excluding hydrogens is 364 g/mol. The second kappa shape index (κ2) is 6.41. The Hall–Kier alpha value is -0.680. The highest BCUT2D eigenvalue weighted by Gasteiger charge is 2.61. The van der Waals surface area contributed by atoms with Crippen molar-refractivity contribution >= 4 is 0 Å². The molecule has 0 N–H and O–H groups in total. The monoisotopic (exact) mass is 400 g/mol. The first-order chi connectivity index (χ1) is 14.0. The van der Waals surface area contributed by atoms with E-state index in [1.807, 2.05) is 0 Å². The third-order valence-electron chi connectivity index (χ3n) is 9.83. The van der Waals surface area contributed by atoms with E-state index in [2.05, 4.69) is 32.9 Å². The van der Waals surface area contributed by atoms with Gasteiger partial charge in [0.25, 0.3) is 0 Å². The first kappa shape index (κ1) is 19.0. The third kappa shape index (κ3) is 2.52. The van der Waals surface area contributed by atoms with Crippen molar-refractivity contribution in [2.75, 3.05) is 26.4 Å². The van der Waals surface area contributed by atoms with E-state index >= 15 is 0 Å². The van der Waals surface area contributed by atoms with Crippen LogP contribution >= 0.6 is 0 Å². The summed E-state index contributed by atoms with van der Waals surface area (Å²) in [6, 6.07) is 0. The predicted octanol–water partition coefficient (Wildman–Crippen LogP) is 4.64. The van der Waals surface area contributed by atoms with Gasteiger partial charge in [-0.1, -0.05) is 37.1 Å². The van der Waals surface area contributed by atoms with E-state index in [4.69, 9.17) is 18.9 Å². The molecule has 5 heterocycles. The number of hydrogen-bond donors (Lipinski definition) is 0. The van der Waals surface area contributed by atoms with E-state index in [9.17, 15) is 0 Å². The summed E-state index contributed by atoms with van der Waals surface area (Å²) >= 11 is 0. The fourth-order valence-electron chi connectivity index (χ4n) is 8.28. The molecule has 29 heavy (non-hydrogen) atoms. The molecule has 0 aromatic carbocycles. The molecule has 9 aliphatic rings. The molecule has 9 rings (SSSR count). The lowest BCUT2D eigenvalue weighted by molar-refractivity contribution is -0.341. The zero-order chi connectivity index (χ0) is 19.9. The Morgan fingerprint density at radius 3 is 2.52 bits per heavy atom. The van der Waals surface area contributed by atoms with Gasteiger partial charge in [-0.25, -0.2) is 0 Å². The molecule has 160 valence electrons. The van der Waals surface area contributed by atoms with Crippen molar-refractivity contribution in [3.8, 4) is 0 Å². The second-order valence-electron chi connectivity index (χ2n) is 10.9. The maximum absolute atomic E-state index is 6.46. The highest BCUT2D eigenvalue weighted by atomic mass is 16.7. The van der Waals surface area contributed by atoms with E-state index in [0.717, 1.165) is 12.8 Å². The summed E-state index contributed by atoms with van der Waals surface area (Å²) in [5.41, 5.74) is 3.78. The predicted molar refractivity (Wildman–Crippen MR) is 110 cm³/mol. The topological polar surface area (TPSA) is 36.9 Å². The minimum atomic E-state index is -0.631.